The molecule has 4 heterocycles. The number of morpholine rings is 1. The number of rotatable bonds is 3. The van der Waals surface area contributed by atoms with Crippen LogP contribution in [0.5, 0.6) is 23.0 Å². The van der Waals surface area contributed by atoms with Gasteiger partial charge >= 0.3 is 5.97 Å². The highest BCUT2D eigenvalue weighted by molar-refractivity contribution is 5.78. The average molecular weight is 488 g/mol. The molecule has 0 saturated carbocycles. The molecule has 0 radical (unpaired) electrons. The van der Waals surface area contributed by atoms with Crippen molar-refractivity contribution in [1.29, 1.82) is 0 Å². The van der Waals surface area contributed by atoms with Gasteiger partial charge in [0.2, 0.25) is 0 Å². The third-order valence-corrected chi connectivity index (χ3v) is 7.07. The van der Waals surface area contributed by atoms with Gasteiger partial charge in [-0.05, 0) is 41.0 Å². The fourth-order valence-corrected chi connectivity index (χ4v) is 5.43. The van der Waals surface area contributed by atoms with Gasteiger partial charge in [-0.1, -0.05) is 42.5 Å². The summed E-state index contributed by atoms with van der Waals surface area (Å²) < 4.78 is 35.5. The SMILES string of the molecule is O=C1OC[C@H](c2ccccc2)N2[C@H]1[C@H](c1ccc3c(c1)OCCO3)O[C@H]2c1ccc2c(c1)OCCO2. The molecule has 184 valence electrons. The first-order chi connectivity index (χ1) is 17.8. The zero-order chi connectivity index (χ0) is 24.1. The van der Waals surface area contributed by atoms with Crippen LogP contribution in [0.3, 0.4) is 0 Å². The summed E-state index contributed by atoms with van der Waals surface area (Å²) in [5.74, 6) is 2.43. The molecule has 8 nitrogen and oxygen atoms in total. The van der Waals surface area contributed by atoms with Gasteiger partial charge < -0.3 is 28.4 Å². The maximum Gasteiger partial charge on any atom is 0.326 e. The first-order valence-electron chi connectivity index (χ1n) is 12.2. The van der Waals surface area contributed by atoms with Crippen LogP contribution in [0.4, 0.5) is 0 Å². The van der Waals surface area contributed by atoms with Crippen LogP contribution in [0.2, 0.25) is 0 Å². The summed E-state index contributed by atoms with van der Waals surface area (Å²) in [6, 6.07) is 20.8. The molecule has 2 saturated heterocycles. The first kappa shape index (κ1) is 21.5. The van der Waals surface area contributed by atoms with E-state index in [0.29, 0.717) is 49.4 Å². The van der Waals surface area contributed by atoms with E-state index in [2.05, 4.69) is 17.0 Å². The zero-order valence-corrected chi connectivity index (χ0v) is 19.5. The molecule has 0 bridgehead atoms. The second-order valence-electron chi connectivity index (χ2n) is 9.16. The summed E-state index contributed by atoms with van der Waals surface area (Å²) in [7, 11) is 0. The molecule has 2 fully saturated rings. The highest BCUT2D eigenvalue weighted by Crippen LogP contribution is 2.51. The standard InChI is InChI=1S/C28H25NO7/c30-28-25-26(18-6-8-21-23(14-18)33-12-10-31-21)36-27(19-7-9-22-24(15-19)34-13-11-32-22)29(25)20(16-35-28)17-4-2-1-3-5-17/h1-9,14-15,20,25-27H,10-13,16H2/t20-,25+,26+,27+/m1/s1. The van der Waals surface area contributed by atoms with Gasteiger partial charge in [0.25, 0.3) is 0 Å². The van der Waals surface area contributed by atoms with Gasteiger partial charge in [0.05, 0.1) is 6.04 Å². The van der Waals surface area contributed by atoms with Crippen LogP contribution in [0, 0.1) is 0 Å². The van der Waals surface area contributed by atoms with Crippen molar-refractivity contribution in [1.82, 2.24) is 4.90 Å². The zero-order valence-electron chi connectivity index (χ0n) is 19.5. The molecule has 7 rings (SSSR count). The number of hydrogen-bond donors (Lipinski definition) is 0. The van der Waals surface area contributed by atoms with Crippen molar-refractivity contribution in [2.45, 2.75) is 24.4 Å². The smallest absolute Gasteiger partial charge is 0.326 e. The van der Waals surface area contributed by atoms with E-state index in [1.165, 1.54) is 0 Å². The Morgan fingerprint density at radius 2 is 1.25 bits per heavy atom. The molecule has 4 atom stereocenters. The Labute approximate surface area is 208 Å². The topological polar surface area (TPSA) is 75.7 Å². The van der Waals surface area contributed by atoms with Gasteiger partial charge in [0.15, 0.2) is 23.0 Å². The molecular formula is C28H25NO7. The molecule has 8 heteroatoms. The highest BCUT2D eigenvalue weighted by Gasteiger charge is 2.54. The van der Waals surface area contributed by atoms with Gasteiger partial charge in [-0.25, -0.2) is 4.90 Å². The molecule has 0 spiro atoms. The minimum Gasteiger partial charge on any atom is -0.486 e. The molecule has 3 aromatic rings. The number of carbonyl (C=O) groups excluding carboxylic acids is 1. The Morgan fingerprint density at radius 3 is 1.94 bits per heavy atom. The van der Waals surface area contributed by atoms with Gasteiger partial charge in [-0.2, -0.15) is 0 Å². The van der Waals surface area contributed by atoms with E-state index >= 15 is 0 Å². The van der Waals surface area contributed by atoms with E-state index in [9.17, 15) is 4.79 Å². The minimum atomic E-state index is -0.635. The van der Waals surface area contributed by atoms with Crippen molar-refractivity contribution in [2.75, 3.05) is 33.0 Å². The van der Waals surface area contributed by atoms with Gasteiger partial charge in [0, 0.05) is 0 Å². The number of cyclic esters (lactones) is 1. The van der Waals surface area contributed by atoms with Gasteiger partial charge in [-0.15, -0.1) is 0 Å². The lowest BCUT2D eigenvalue weighted by Gasteiger charge is -2.39. The third-order valence-electron chi connectivity index (χ3n) is 7.07. The molecule has 0 aromatic heterocycles. The van der Waals surface area contributed by atoms with Crippen LogP contribution in [-0.4, -0.2) is 49.9 Å². The predicted octanol–water partition coefficient (Wildman–Crippen LogP) is 3.97. The van der Waals surface area contributed by atoms with Crippen LogP contribution in [0.25, 0.3) is 0 Å². The lowest BCUT2D eigenvalue weighted by Crippen LogP contribution is -2.49. The largest absolute Gasteiger partial charge is 0.486 e. The van der Waals surface area contributed by atoms with Crippen LogP contribution in [-0.2, 0) is 14.3 Å². The number of benzene rings is 3. The van der Waals surface area contributed by atoms with Crippen molar-refractivity contribution >= 4 is 5.97 Å². The average Bonchev–Trinajstić information content (AvgIpc) is 3.35. The lowest BCUT2D eigenvalue weighted by atomic mass is 9.96. The fraction of sp³-hybridized carbons (Fsp3) is 0.321. The van der Waals surface area contributed by atoms with Crippen LogP contribution in [0.15, 0.2) is 66.7 Å². The third kappa shape index (κ3) is 3.56. The normalized spacial score (nSPS) is 26.7. The molecule has 4 aliphatic heterocycles. The number of esters is 1. The molecular weight excluding hydrogens is 462 g/mol. The van der Waals surface area contributed by atoms with Crippen molar-refractivity contribution in [3.63, 3.8) is 0 Å². The van der Waals surface area contributed by atoms with Crippen molar-refractivity contribution in [3.05, 3.63) is 83.4 Å². The fourth-order valence-electron chi connectivity index (χ4n) is 5.43. The quantitative estimate of drug-likeness (QED) is 0.514. The van der Waals surface area contributed by atoms with E-state index in [1.807, 2.05) is 54.6 Å². The first-order valence-corrected chi connectivity index (χ1v) is 12.2. The summed E-state index contributed by atoms with van der Waals surface area (Å²) in [6.07, 6.45) is -1.06. The number of ether oxygens (including phenoxy) is 6. The van der Waals surface area contributed by atoms with Crippen LogP contribution >= 0.6 is 0 Å². The van der Waals surface area contributed by atoms with E-state index in [1.54, 1.807) is 0 Å². The molecule has 0 aliphatic carbocycles. The monoisotopic (exact) mass is 487 g/mol. The predicted molar refractivity (Wildman–Crippen MR) is 127 cm³/mol. The van der Waals surface area contributed by atoms with E-state index in [4.69, 9.17) is 28.4 Å². The Balaban J connectivity index is 1.32. The number of nitrogens with zero attached hydrogens (tertiary/aromatic N) is 1. The second-order valence-corrected chi connectivity index (χ2v) is 9.16. The minimum absolute atomic E-state index is 0.172. The van der Waals surface area contributed by atoms with Crippen molar-refractivity contribution in [3.8, 4) is 23.0 Å². The molecule has 36 heavy (non-hydrogen) atoms. The summed E-state index contributed by atoms with van der Waals surface area (Å²) in [6.45, 7) is 2.26. The lowest BCUT2D eigenvalue weighted by molar-refractivity contribution is -0.163. The van der Waals surface area contributed by atoms with E-state index < -0.39 is 18.4 Å². The number of hydrogen-bond acceptors (Lipinski definition) is 8. The Kier molecular flexibility index (Phi) is 5.22. The van der Waals surface area contributed by atoms with E-state index in [0.717, 1.165) is 16.7 Å². The number of carbonyl (C=O) groups is 1. The van der Waals surface area contributed by atoms with Crippen molar-refractivity contribution < 1.29 is 33.2 Å². The van der Waals surface area contributed by atoms with Crippen molar-refractivity contribution in [2.24, 2.45) is 0 Å². The maximum atomic E-state index is 13.3. The van der Waals surface area contributed by atoms with Crippen LogP contribution in [0.1, 0.15) is 35.1 Å². The van der Waals surface area contributed by atoms with Gasteiger partial charge in [-0.3, -0.25) is 4.79 Å². The molecule has 4 aliphatic rings. The summed E-state index contributed by atoms with van der Waals surface area (Å²) in [5.41, 5.74) is 2.78. The summed E-state index contributed by atoms with van der Waals surface area (Å²) in [5, 5.41) is 0. The van der Waals surface area contributed by atoms with Gasteiger partial charge in [0.1, 0.15) is 51.4 Å². The summed E-state index contributed by atoms with van der Waals surface area (Å²) >= 11 is 0. The molecule has 3 aromatic carbocycles. The Bertz CT molecular complexity index is 1300. The molecule has 0 N–H and O–H groups in total. The van der Waals surface area contributed by atoms with Crippen LogP contribution < -0.4 is 18.9 Å². The molecule has 0 unspecified atom stereocenters. The maximum absolute atomic E-state index is 13.3. The summed E-state index contributed by atoms with van der Waals surface area (Å²) in [4.78, 5) is 15.4. The Hall–Kier alpha value is -3.75. The van der Waals surface area contributed by atoms with E-state index in [-0.39, 0.29) is 18.6 Å². The molecule has 0 amide bonds. The number of fused-ring (bicyclic) bond motifs is 3. The highest BCUT2D eigenvalue weighted by atomic mass is 16.6. The second kappa shape index (κ2) is 8.72. The Morgan fingerprint density at radius 1 is 0.639 bits per heavy atom.